The number of thiazole rings is 1. The normalized spacial score (nSPS) is 13.6. The van der Waals surface area contributed by atoms with Gasteiger partial charge in [-0.05, 0) is 42.7 Å². The van der Waals surface area contributed by atoms with Crippen LogP contribution in [-0.4, -0.2) is 15.8 Å². The number of nitrogens with one attached hydrogen (secondary N) is 1. The zero-order chi connectivity index (χ0) is 12.5. The molecule has 92 valence electrons. The molecule has 0 atom stereocenters. The maximum Gasteiger partial charge on any atom is 0.156 e. The first kappa shape index (κ1) is 11.7. The average Bonchev–Trinajstić information content (AvgIpc) is 2.97. The maximum absolute atomic E-state index is 7.68. The van der Waals surface area contributed by atoms with Crippen molar-refractivity contribution in [3.63, 3.8) is 0 Å². The SMILES string of the molecule is N=C(N)c1cc2c(nc1Sc1nccs1)CCC2. The molecule has 0 spiro atoms. The molecule has 6 heteroatoms. The first-order valence-corrected chi connectivity index (χ1v) is 7.38. The molecule has 0 saturated carbocycles. The number of pyridine rings is 1. The Morgan fingerprint density at radius 2 is 2.33 bits per heavy atom. The third kappa shape index (κ3) is 2.13. The van der Waals surface area contributed by atoms with Crippen LogP contribution in [0, 0.1) is 5.41 Å². The van der Waals surface area contributed by atoms with Crippen molar-refractivity contribution in [1.82, 2.24) is 9.97 Å². The van der Waals surface area contributed by atoms with E-state index in [9.17, 15) is 0 Å². The van der Waals surface area contributed by atoms with E-state index >= 15 is 0 Å². The van der Waals surface area contributed by atoms with Crippen LogP contribution in [0.1, 0.15) is 23.2 Å². The van der Waals surface area contributed by atoms with Crippen molar-refractivity contribution in [3.8, 4) is 0 Å². The van der Waals surface area contributed by atoms with Crippen molar-refractivity contribution in [2.75, 3.05) is 0 Å². The van der Waals surface area contributed by atoms with Gasteiger partial charge >= 0.3 is 0 Å². The molecule has 4 nitrogen and oxygen atoms in total. The molecule has 2 aromatic rings. The third-order valence-corrected chi connectivity index (χ3v) is 4.79. The minimum absolute atomic E-state index is 0.0799. The van der Waals surface area contributed by atoms with E-state index in [4.69, 9.17) is 11.1 Å². The Balaban J connectivity index is 2.03. The fourth-order valence-electron chi connectivity index (χ4n) is 2.07. The Bertz CT molecular complexity index is 592. The minimum atomic E-state index is 0.0799. The Hall–Kier alpha value is -1.40. The van der Waals surface area contributed by atoms with Gasteiger partial charge in [-0.15, -0.1) is 11.3 Å². The van der Waals surface area contributed by atoms with Crippen molar-refractivity contribution < 1.29 is 0 Å². The molecule has 1 aliphatic rings. The summed E-state index contributed by atoms with van der Waals surface area (Å²) in [5, 5.41) is 10.4. The molecule has 2 heterocycles. The highest BCUT2D eigenvalue weighted by Crippen LogP contribution is 2.33. The van der Waals surface area contributed by atoms with E-state index in [1.807, 2.05) is 11.4 Å². The average molecular weight is 276 g/mol. The molecule has 0 saturated heterocycles. The van der Waals surface area contributed by atoms with Crippen molar-refractivity contribution in [1.29, 1.82) is 5.41 Å². The van der Waals surface area contributed by atoms with E-state index in [2.05, 4.69) is 9.97 Å². The minimum Gasteiger partial charge on any atom is -0.384 e. The van der Waals surface area contributed by atoms with Crippen LogP contribution < -0.4 is 5.73 Å². The van der Waals surface area contributed by atoms with Crippen LogP contribution in [0.2, 0.25) is 0 Å². The number of amidine groups is 1. The first-order valence-electron chi connectivity index (χ1n) is 5.68. The monoisotopic (exact) mass is 276 g/mol. The van der Waals surface area contributed by atoms with E-state index in [1.54, 1.807) is 17.5 Å². The maximum atomic E-state index is 7.68. The molecule has 0 aliphatic heterocycles. The summed E-state index contributed by atoms with van der Waals surface area (Å²) in [7, 11) is 0. The van der Waals surface area contributed by atoms with E-state index in [-0.39, 0.29) is 5.84 Å². The van der Waals surface area contributed by atoms with Gasteiger partial charge < -0.3 is 5.73 Å². The summed E-state index contributed by atoms with van der Waals surface area (Å²) in [6.07, 6.45) is 4.99. The Kier molecular flexibility index (Phi) is 3.05. The molecule has 0 amide bonds. The van der Waals surface area contributed by atoms with E-state index in [0.717, 1.165) is 39.9 Å². The second-order valence-electron chi connectivity index (χ2n) is 4.11. The molecule has 2 aromatic heterocycles. The van der Waals surface area contributed by atoms with Gasteiger partial charge in [0.2, 0.25) is 0 Å². The summed E-state index contributed by atoms with van der Waals surface area (Å²) in [6.45, 7) is 0. The molecule has 18 heavy (non-hydrogen) atoms. The molecular weight excluding hydrogens is 264 g/mol. The largest absolute Gasteiger partial charge is 0.384 e. The summed E-state index contributed by atoms with van der Waals surface area (Å²) in [6, 6.07) is 2.02. The van der Waals surface area contributed by atoms with Gasteiger partial charge in [0.05, 0.1) is 0 Å². The summed E-state index contributed by atoms with van der Waals surface area (Å²) in [4.78, 5) is 8.89. The Labute approximate surface area is 113 Å². The molecule has 0 unspecified atom stereocenters. The number of hydrogen-bond donors (Lipinski definition) is 2. The Morgan fingerprint density at radius 1 is 1.44 bits per heavy atom. The summed E-state index contributed by atoms with van der Waals surface area (Å²) >= 11 is 3.06. The van der Waals surface area contributed by atoms with Gasteiger partial charge in [0.1, 0.15) is 10.9 Å². The van der Waals surface area contributed by atoms with Crippen molar-refractivity contribution >= 4 is 28.9 Å². The summed E-state index contributed by atoms with van der Waals surface area (Å²) < 4.78 is 0.933. The van der Waals surface area contributed by atoms with Gasteiger partial charge in [0.25, 0.3) is 0 Å². The third-order valence-electron chi connectivity index (χ3n) is 2.90. The lowest BCUT2D eigenvalue weighted by atomic mass is 10.1. The number of rotatable bonds is 3. The highest BCUT2D eigenvalue weighted by Gasteiger charge is 2.18. The predicted octanol–water partition coefficient (Wildman–Crippen LogP) is 2.46. The molecule has 3 N–H and O–H groups in total. The van der Waals surface area contributed by atoms with E-state index < -0.39 is 0 Å². The molecule has 0 bridgehead atoms. The first-order chi connectivity index (χ1) is 8.74. The highest BCUT2D eigenvalue weighted by atomic mass is 32.2. The van der Waals surface area contributed by atoms with Crippen molar-refractivity contribution in [3.05, 3.63) is 34.5 Å². The molecule has 3 rings (SSSR count). The number of fused-ring (bicyclic) bond motifs is 1. The fraction of sp³-hybridized carbons (Fsp3) is 0.250. The number of nitrogens with two attached hydrogens (primary N) is 1. The van der Waals surface area contributed by atoms with Crippen LogP contribution >= 0.6 is 23.1 Å². The molecular formula is C12H12N4S2. The van der Waals surface area contributed by atoms with Gasteiger partial charge in [-0.1, -0.05) is 0 Å². The van der Waals surface area contributed by atoms with Gasteiger partial charge in [-0.2, -0.15) is 0 Å². The van der Waals surface area contributed by atoms with Gasteiger partial charge in [-0.25, -0.2) is 9.97 Å². The highest BCUT2D eigenvalue weighted by molar-refractivity contribution is 8.01. The standard InChI is InChI=1S/C12H12N4S2/c13-10(14)8-6-7-2-1-3-9(7)16-11(8)18-12-15-4-5-17-12/h4-6H,1-3H2,(H3,13,14). The van der Waals surface area contributed by atoms with Crippen LogP contribution in [0.5, 0.6) is 0 Å². The lowest BCUT2D eigenvalue weighted by molar-refractivity contribution is 0.891. The molecule has 0 aromatic carbocycles. The van der Waals surface area contributed by atoms with Crippen molar-refractivity contribution in [2.45, 2.75) is 28.6 Å². The van der Waals surface area contributed by atoms with E-state index in [1.165, 1.54) is 17.3 Å². The second-order valence-corrected chi connectivity index (χ2v) is 6.24. The van der Waals surface area contributed by atoms with Crippen LogP contribution in [0.4, 0.5) is 0 Å². The van der Waals surface area contributed by atoms with Crippen LogP contribution in [0.25, 0.3) is 0 Å². The Morgan fingerprint density at radius 3 is 3.06 bits per heavy atom. The second kappa shape index (κ2) is 4.70. The quantitative estimate of drug-likeness (QED) is 0.667. The summed E-state index contributed by atoms with van der Waals surface area (Å²) in [5.74, 6) is 0.0799. The van der Waals surface area contributed by atoms with Crippen LogP contribution in [0.15, 0.2) is 27.0 Å². The van der Waals surface area contributed by atoms with E-state index in [0.29, 0.717) is 0 Å². The van der Waals surface area contributed by atoms with Gasteiger partial charge in [0, 0.05) is 22.8 Å². The zero-order valence-electron chi connectivity index (χ0n) is 9.64. The molecule has 0 radical (unpaired) electrons. The smallest absolute Gasteiger partial charge is 0.156 e. The number of nitrogens with zero attached hydrogens (tertiary/aromatic N) is 2. The molecule has 1 aliphatic carbocycles. The number of nitrogen functional groups attached to an aromatic ring is 1. The van der Waals surface area contributed by atoms with Gasteiger partial charge in [-0.3, -0.25) is 5.41 Å². The summed E-state index contributed by atoms with van der Waals surface area (Å²) in [5.41, 5.74) is 8.77. The topological polar surface area (TPSA) is 75.7 Å². The lowest BCUT2D eigenvalue weighted by Crippen LogP contribution is -2.14. The predicted molar refractivity (Wildman–Crippen MR) is 73.5 cm³/mol. The number of hydrogen-bond acceptors (Lipinski definition) is 5. The van der Waals surface area contributed by atoms with Gasteiger partial charge in [0.15, 0.2) is 4.34 Å². The number of aryl methyl sites for hydroxylation is 2. The van der Waals surface area contributed by atoms with Crippen molar-refractivity contribution in [2.24, 2.45) is 5.73 Å². The number of aromatic nitrogens is 2. The molecule has 0 fully saturated rings. The lowest BCUT2D eigenvalue weighted by Gasteiger charge is -2.08. The zero-order valence-corrected chi connectivity index (χ0v) is 11.3. The van der Waals surface area contributed by atoms with Crippen LogP contribution in [-0.2, 0) is 12.8 Å². The van der Waals surface area contributed by atoms with Crippen LogP contribution in [0.3, 0.4) is 0 Å². The fourth-order valence-corrected chi connectivity index (χ4v) is 3.74.